The van der Waals surface area contributed by atoms with E-state index in [2.05, 4.69) is 26.2 Å². The van der Waals surface area contributed by atoms with Crippen LogP contribution in [0.5, 0.6) is 0 Å². The lowest BCUT2D eigenvalue weighted by Gasteiger charge is -2.15. The maximum atomic E-state index is 12.1. The quantitative estimate of drug-likeness (QED) is 0.851. The van der Waals surface area contributed by atoms with Crippen LogP contribution in [0.3, 0.4) is 0 Å². The number of aromatic nitrogens is 1. The number of nitrogens with zero attached hydrogens (tertiary/aromatic N) is 1. The van der Waals surface area contributed by atoms with Crippen LogP contribution >= 0.6 is 39.1 Å². The van der Waals surface area contributed by atoms with Crippen LogP contribution in [-0.4, -0.2) is 10.9 Å². The van der Waals surface area contributed by atoms with E-state index in [-0.39, 0.29) is 11.9 Å². The molecule has 1 aromatic heterocycles. The van der Waals surface area contributed by atoms with E-state index in [1.165, 1.54) is 0 Å². The van der Waals surface area contributed by atoms with E-state index in [0.717, 1.165) is 5.56 Å². The second-order valence-electron chi connectivity index (χ2n) is 4.20. The first-order valence-electron chi connectivity index (χ1n) is 5.85. The Morgan fingerprint density at radius 1 is 1.30 bits per heavy atom. The molecule has 0 fully saturated rings. The molecule has 0 spiro atoms. The van der Waals surface area contributed by atoms with E-state index in [9.17, 15) is 4.79 Å². The Balaban J connectivity index is 2.15. The summed E-state index contributed by atoms with van der Waals surface area (Å²) in [7, 11) is 0. The summed E-state index contributed by atoms with van der Waals surface area (Å²) in [6, 6.07) is 8.59. The summed E-state index contributed by atoms with van der Waals surface area (Å²) >= 11 is 15.1. The lowest BCUT2D eigenvalue weighted by atomic mass is 10.1. The number of hydrogen-bond acceptors (Lipinski definition) is 2. The van der Waals surface area contributed by atoms with Crippen molar-refractivity contribution >= 4 is 45.0 Å². The van der Waals surface area contributed by atoms with Gasteiger partial charge in [0.15, 0.2) is 0 Å². The first-order chi connectivity index (χ1) is 9.49. The predicted molar refractivity (Wildman–Crippen MR) is 84.3 cm³/mol. The molecular formula is C14H11BrCl2N2O. The third-order valence-electron chi connectivity index (χ3n) is 2.76. The van der Waals surface area contributed by atoms with Crippen LogP contribution in [0.2, 0.25) is 10.0 Å². The fourth-order valence-electron chi connectivity index (χ4n) is 1.68. The fraction of sp³-hybridized carbons (Fsp3) is 0.143. The van der Waals surface area contributed by atoms with Crippen molar-refractivity contribution in [3.63, 3.8) is 0 Å². The van der Waals surface area contributed by atoms with Gasteiger partial charge in [0.05, 0.1) is 16.1 Å². The summed E-state index contributed by atoms with van der Waals surface area (Å²) < 4.78 is 0.652. The Bertz CT molecular complexity index is 649. The summed E-state index contributed by atoms with van der Waals surface area (Å²) in [5.74, 6) is -0.254. The number of benzene rings is 1. The monoisotopic (exact) mass is 372 g/mol. The SMILES string of the molecule is CC(NC(=O)c1ncccc1Br)c1ccc(Cl)c(Cl)c1. The summed E-state index contributed by atoms with van der Waals surface area (Å²) in [6.45, 7) is 1.87. The second-order valence-corrected chi connectivity index (χ2v) is 5.87. The van der Waals surface area contributed by atoms with Gasteiger partial charge in [-0.25, -0.2) is 4.98 Å². The van der Waals surface area contributed by atoms with E-state index in [4.69, 9.17) is 23.2 Å². The summed E-state index contributed by atoms with van der Waals surface area (Å²) in [5.41, 5.74) is 1.22. The van der Waals surface area contributed by atoms with Crippen LogP contribution in [-0.2, 0) is 0 Å². The van der Waals surface area contributed by atoms with Gasteiger partial charge in [-0.15, -0.1) is 0 Å². The molecule has 1 atom stereocenters. The molecule has 0 radical (unpaired) electrons. The van der Waals surface area contributed by atoms with Gasteiger partial charge in [-0.1, -0.05) is 29.3 Å². The molecule has 0 saturated heterocycles. The molecule has 1 N–H and O–H groups in total. The number of amides is 1. The van der Waals surface area contributed by atoms with E-state index < -0.39 is 0 Å². The van der Waals surface area contributed by atoms with Gasteiger partial charge < -0.3 is 5.32 Å². The summed E-state index contributed by atoms with van der Waals surface area (Å²) in [4.78, 5) is 16.2. The van der Waals surface area contributed by atoms with Gasteiger partial charge in [-0.05, 0) is 52.7 Å². The van der Waals surface area contributed by atoms with Crippen LogP contribution in [0, 0.1) is 0 Å². The first kappa shape index (κ1) is 15.3. The minimum absolute atomic E-state index is 0.203. The average molecular weight is 374 g/mol. The molecule has 6 heteroatoms. The molecular weight excluding hydrogens is 363 g/mol. The lowest BCUT2D eigenvalue weighted by molar-refractivity contribution is 0.0934. The van der Waals surface area contributed by atoms with Crippen molar-refractivity contribution < 1.29 is 4.79 Å². The third-order valence-corrected chi connectivity index (χ3v) is 4.14. The maximum Gasteiger partial charge on any atom is 0.271 e. The molecule has 0 aliphatic rings. The van der Waals surface area contributed by atoms with Gasteiger partial charge in [-0.2, -0.15) is 0 Å². The predicted octanol–water partition coefficient (Wildman–Crippen LogP) is 4.64. The topological polar surface area (TPSA) is 42.0 Å². The van der Waals surface area contributed by atoms with Crippen molar-refractivity contribution in [2.24, 2.45) is 0 Å². The van der Waals surface area contributed by atoms with Gasteiger partial charge in [0, 0.05) is 10.7 Å². The highest BCUT2D eigenvalue weighted by molar-refractivity contribution is 9.10. The molecule has 1 unspecified atom stereocenters. The van der Waals surface area contributed by atoms with Crippen LogP contribution in [0.15, 0.2) is 41.0 Å². The van der Waals surface area contributed by atoms with Crippen molar-refractivity contribution in [1.82, 2.24) is 10.3 Å². The number of pyridine rings is 1. The number of carbonyl (C=O) groups excluding carboxylic acids is 1. The van der Waals surface area contributed by atoms with E-state index in [1.807, 2.05) is 13.0 Å². The van der Waals surface area contributed by atoms with Crippen molar-refractivity contribution in [2.75, 3.05) is 0 Å². The number of halogens is 3. The Morgan fingerprint density at radius 3 is 2.70 bits per heavy atom. The zero-order valence-corrected chi connectivity index (χ0v) is 13.6. The number of hydrogen-bond donors (Lipinski definition) is 1. The Labute approximate surface area is 135 Å². The minimum atomic E-state index is -0.254. The first-order valence-corrected chi connectivity index (χ1v) is 7.40. The molecule has 2 aromatic rings. The molecule has 0 saturated carbocycles. The molecule has 1 aromatic carbocycles. The van der Waals surface area contributed by atoms with Crippen LogP contribution in [0.1, 0.15) is 29.0 Å². The van der Waals surface area contributed by atoms with Crippen molar-refractivity contribution in [1.29, 1.82) is 0 Å². The largest absolute Gasteiger partial charge is 0.344 e. The number of carbonyl (C=O) groups is 1. The molecule has 2 rings (SSSR count). The molecule has 1 amide bonds. The highest BCUT2D eigenvalue weighted by Gasteiger charge is 2.15. The number of nitrogens with one attached hydrogen (secondary N) is 1. The zero-order chi connectivity index (χ0) is 14.7. The molecule has 104 valence electrons. The highest BCUT2D eigenvalue weighted by Crippen LogP contribution is 2.25. The molecule has 0 bridgehead atoms. The molecule has 20 heavy (non-hydrogen) atoms. The normalized spacial score (nSPS) is 12.0. The van der Waals surface area contributed by atoms with Gasteiger partial charge in [0.1, 0.15) is 5.69 Å². The van der Waals surface area contributed by atoms with Gasteiger partial charge >= 0.3 is 0 Å². The van der Waals surface area contributed by atoms with Crippen molar-refractivity contribution in [2.45, 2.75) is 13.0 Å². The average Bonchev–Trinajstić information content (AvgIpc) is 2.42. The lowest BCUT2D eigenvalue weighted by Crippen LogP contribution is -2.27. The third kappa shape index (κ3) is 3.51. The van der Waals surface area contributed by atoms with Crippen molar-refractivity contribution in [3.05, 3.63) is 62.3 Å². The van der Waals surface area contributed by atoms with E-state index in [1.54, 1.807) is 30.5 Å². The molecule has 1 heterocycles. The molecule has 0 aliphatic carbocycles. The summed E-state index contributed by atoms with van der Waals surface area (Å²) in [5, 5.41) is 3.82. The molecule has 0 aliphatic heterocycles. The Hall–Kier alpha value is -1.10. The fourth-order valence-corrected chi connectivity index (χ4v) is 2.42. The Kier molecular flexibility index (Phi) is 5.02. The van der Waals surface area contributed by atoms with Crippen LogP contribution in [0.25, 0.3) is 0 Å². The summed E-state index contributed by atoms with van der Waals surface area (Å²) in [6.07, 6.45) is 1.57. The van der Waals surface area contributed by atoms with Gasteiger partial charge in [-0.3, -0.25) is 4.79 Å². The van der Waals surface area contributed by atoms with E-state index in [0.29, 0.717) is 20.2 Å². The second kappa shape index (κ2) is 6.57. The highest BCUT2D eigenvalue weighted by atomic mass is 79.9. The van der Waals surface area contributed by atoms with Crippen molar-refractivity contribution in [3.8, 4) is 0 Å². The van der Waals surface area contributed by atoms with Crippen LogP contribution in [0.4, 0.5) is 0 Å². The standard InChI is InChI=1S/C14H11BrCl2N2O/c1-8(9-4-5-11(16)12(17)7-9)19-14(20)13-10(15)3-2-6-18-13/h2-8H,1H3,(H,19,20). The molecule has 3 nitrogen and oxygen atoms in total. The number of rotatable bonds is 3. The minimum Gasteiger partial charge on any atom is -0.344 e. The maximum absolute atomic E-state index is 12.1. The smallest absolute Gasteiger partial charge is 0.271 e. The zero-order valence-electron chi connectivity index (χ0n) is 10.5. The van der Waals surface area contributed by atoms with E-state index >= 15 is 0 Å². The van der Waals surface area contributed by atoms with Gasteiger partial charge in [0.25, 0.3) is 5.91 Å². The Morgan fingerprint density at radius 2 is 2.05 bits per heavy atom. The van der Waals surface area contributed by atoms with Gasteiger partial charge in [0.2, 0.25) is 0 Å². The van der Waals surface area contributed by atoms with Crippen LogP contribution < -0.4 is 5.32 Å².